The zero-order valence-electron chi connectivity index (χ0n) is 22.4. The summed E-state index contributed by atoms with van der Waals surface area (Å²) in [6, 6.07) is 19.3. The van der Waals surface area contributed by atoms with Crippen molar-refractivity contribution < 1.29 is 41.7 Å². The molecule has 0 saturated carbocycles. The Labute approximate surface area is 224 Å². The molecule has 1 unspecified atom stereocenters. The van der Waals surface area contributed by atoms with Crippen molar-refractivity contribution in [3.63, 3.8) is 0 Å². The third-order valence-electron chi connectivity index (χ3n) is 6.55. The highest BCUT2D eigenvalue weighted by Crippen LogP contribution is 2.61. The van der Waals surface area contributed by atoms with E-state index in [9.17, 15) is 4.57 Å². The molecule has 210 valence electrons. The Balaban J connectivity index is 1.64. The lowest BCUT2D eigenvalue weighted by Crippen LogP contribution is -2.62. The van der Waals surface area contributed by atoms with E-state index in [1.54, 1.807) is 27.7 Å². The largest absolute Gasteiger partial charge is 0.374 e. The molecule has 0 aromatic heterocycles. The van der Waals surface area contributed by atoms with Crippen LogP contribution in [0.2, 0.25) is 0 Å². The fraction of sp³-hybridized carbons (Fsp3) is 0.571. The molecule has 0 spiro atoms. The normalized spacial score (nSPS) is 27.7. The zero-order chi connectivity index (χ0) is 27.2. The molecule has 0 aliphatic carbocycles. The van der Waals surface area contributed by atoms with Gasteiger partial charge in [-0.3, -0.25) is 4.57 Å². The van der Waals surface area contributed by atoms with Crippen molar-refractivity contribution in [2.24, 2.45) is 0 Å². The van der Waals surface area contributed by atoms with E-state index in [1.165, 1.54) is 0 Å². The van der Waals surface area contributed by atoms with Crippen LogP contribution in [0.3, 0.4) is 0 Å². The van der Waals surface area contributed by atoms with Gasteiger partial charge in [0.2, 0.25) is 5.91 Å². The fourth-order valence-electron chi connectivity index (χ4n) is 4.81. The van der Waals surface area contributed by atoms with Crippen molar-refractivity contribution in [2.75, 3.05) is 26.4 Å². The molecule has 2 heterocycles. The first-order valence-electron chi connectivity index (χ1n) is 13.0. The molecule has 0 N–H and O–H groups in total. The minimum atomic E-state index is -4.25. The summed E-state index contributed by atoms with van der Waals surface area (Å²) < 4.78 is 71.7. The van der Waals surface area contributed by atoms with Gasteiger partial charge in [-0.05, 0) is 38.8 Å². The van der Waals surface area contributed by atoms with Crippen LogP contribution in [-0.4, -0.2) is 62.0 Å². The van der Waals surface area contributed by atoms with Gasteiger partial charge in [-0.25, -0.2) is 4.39 Å². The lowest BCUT2D eigenvalue weighted by molar-refractivity contribution is -0.335. The van der Waals surface area contributed by atoms with Crippen molar-refractivity contribution in [3.8, 4) is 0 Å². The Hall–Kier alpha value is -1.68. The predicted molar refractivity (Wildman–Crippen MR) is 139 cm³/mol. The van der Waals surface area contributed by atoms with Crippen LogP contribution in [0.4, 0.5) is 4.39 Å². The van der Waals surface area contributed by atoms with Gasteiger partial charge in [-0.15, -0.1) is 0 Å². The van der Waals surface area contributed by atoms with Gasteiger partial charge in [0.05, 0.1) is 39.6 Å². The van der Waals surface area contributed by atoms with Crippen LogP contribution in [-0.2, 0) is 50.5 Å². The van der Waals surface area contributed by atoms with Gasteiger partial charge in [0, 0.05) is 0 Å². The van der Waals surface area contributed by atoms with E-state index in [2.05, 4.69) is 0 Å². The fourth-order valence-corrected chi connectivity index (χ4v) is 6.69. The third kappa shape index (κ3) is 6.54. The van der Waals surface area contributed by atoms with E-state index in [-0.39, 0.29) is 33.0 Å². The second kappa shape index (κ2) is 12.7. The minimum absolute atomic E-state index is 0.00318. The molecule has 2 aliphatic heterocycles. The van der Waals surface area contributed by atoms with Crippen molar-refractivity contribution in [3.05, 3.63) is 71.8 Å². The Morgan fingerprint density at radius 1 is 0.947 bits per heavy atom. The summed E-state index contributed by atoms with van der Waals surface area (Å²) in [4.78, 5) is 0. The number of benzene rings is 2. The SMILES string of the molecule is CCOP(=O)(OCC)C(F)[C@]12COC(C)(C)O[C@H]1[C@H](OCc1ccccc1)[C@@H](COCc1ccccc1)O2. The van der Waals surface area contributed by atoms with Crippen LogP contribution in [0.25, 0.3) is 0 Å². The molecule has 2 aromatic carbocycles. The van der Waals surface area contributed by atoms with E-state index in [4.69, 9.17) is 32.7 Å². The molecule has 2 fully saturated rings. The number of alkyl halides is 1. The van der Waals surface area contributed by atoms with Gasteiger partial charge in [-0.2, -0.15) is 0 Å². The molecule has 8 nitrogen and oxygen atoms in total. The minimum Gasteiger partial charge on any atom is -0.374 e. The Kier molecular flexibility index (Phi) is 9.77. The van der Waals surface area contributed by atoms with Gasteiger partial charge in [0.1, 0.15) is 18.3 Å². The summed E-state index contributed by atoms with van der Waals surface area (Å²) in [7, 11) is -4.25. The van der Waals surface area contributed by atoms with E-state index in [0.717, 1.165) is 11.1 Å². The van der Waals surface area contributed by atoms with Gasteiger partial charge < -0.3 is 32.7 Å². The maximum absolute atomic E-state index is 16.5. The summed E-state index contributed by atoms with van der Waals surface area (Å²) in [6.07, 6.45) is -2.45. The first-order valence-corrected chi connectivity index (χ1v) is 14.6. The first kappa shape index (κ1) is 29.3. The highest BCUT2D eigenvalue weighted by atomic mass is 31.2. The molecule has 0 radical (unpaired) electrons. The standard InChI is InChI=1S/C28H38FO8P/c1-5-34-38(30,35-6-2)26(29)28-20-33-27(3,4)37-25(28)24(32-18-22-15-11-8-12-16-22)23(36-28)19-31-17-21-13-9-7-10-14-21/h7-16,23-26H,5-6,17-20H2,1-4H3/t23-,24-,25+,26?,28+/m1/s1. The summed E-state index contributed by atoms with van der Waals surface area (Å²) >= 11 is 0. The number of halogens is 1. The Bertz CT molecular complexity index is 1050. The van der Waals surface area contributed by atoms with Gasteiger partial charge in [0.25, 0.3) is 0 Å². The average Bonchev–Trinajstić information content (AvgIpc) is 3.21. The second-order valence-corrected chi connectivity index (χ2v) is 11.9. The van der Waals surface area contributed by atoms with E-state index >= 15 is 4.39 Å². The summed E-state index contributed by atoms with van der Waals surface area (Å²) in [5.41, 5.74) is 0.129. The van der Waals surface area contributed by atoms with Crippen LogP contribution in [0.15, 0.2) is 60.7 Å². The quantitative estimate of drug-likeness (QED) is 0.296. The van der Waals surface area contributed by atoms with E-state index in [1.807, 2.05) is 60.7 Å². The highest BCUT2D eigenvalue weighted by molar-refractivity contribution is 7.54. The van der Waals surface area contributed by atoms with Crippen molar-refractivity contribution in [2.45, 2.75) is 76.5 Å². The lowest BCUT2D eigenvalue weighted by atomic mass is 9.94. The predicted octanol–water partition coefficient (Wildman–Crippen LogP) is 5.64. The van der Waals surface area contributed by atoms with Crippen molar-refractivity contribution in [1.29, 1.82) is 0 Å². The molecule has 10 heteroatoms. The maximum atomic E-state index is 16.5. The Morgan fingerprint density at radius 3 is 2.11 bits per heavy atom. The zero-order valence-corrected chi connectivity index (χ0v) is 23.3. The molecule has 0 amide bonds. The molecule has 5 atom stereocenters. The van der Waals surface area contributed by atoms with Crippen LogP contribution in [0.1, 0.15) is 38.8 Å². The molecular formula is C28H38FO8P. The maximum Gasteiger partial charge on any atom is 0.367 e. The van der Waals surface area contributed by atoms with Gasteiger partial charge in [0.15, 0.2) is 11.4 Å². The van der Waals surface area contributed by atoms with Gasteiger partial charge in [-0.1, -0.05) is 60.7 Å². The molecule has 2 aromatic rings. The molecule has 0 bridgehead atoms. The molecule has 2 aliphatic rings. The smallest absolute Gasteiger partial charge is 0.367 e. The number of ether oxygens (including phenoxy) is 5. The Morgan fingerprint density at radius 2 is 1.53 bits per heavy atom. The first-order chi connectivity index (χ1) is 18.2. The highest BCUT2D eigenvalue weighted by Gasteiger charge is 2.69. The van der Waals surface area contributed by atoms with E-state index < -0.39 is 43.2 Å². The second-order valence-electron chi connectivity index (χ2n) is 9.81. The van der Waals surface area contributed by atoms with Crippen LogP contribution in [0, 0.1) is 0 Å². The molecular weight excluding hydrogens is 514 g/mol. The van der Waals surface area contributed by atoms with Crippen LogP contribution >= 0.6 is 7.60 Å². The van der Waals surface area contributed by atoms with E-state index in [0.29, 0.717) is 6.61 Å². The molecule has 38 heavy (non-hydrogen) atoms. The monoisotopic (exact) mass is 552 g/mol. The van der Waals surface area contributed by atoms with Crippen LogP contribution < -0.4 is 0 Å². The number of rotatable bonds is 13. The lowest BCUT2D eigenvalue weighted by Gasteiger charge is -2.47. The topological polar surface area (TPSA) is 81.7 Å². The summed E-state index contributed by atoms with van der Waals surface area (Å²) in [5.74, 6) is -3.23. The van der Waals surface area contributed by atoms with Crippen LogP contribution in [0.5, 0.6) is 0 Å². The number of hydrogen-bond donors (Lipinski definition) is 0. The number of hydrogen-bond acceptors (Lipinski definition) is 8. The van der Waals surface area contributed by atoms with Crippen molar-refractivity contribution in [1.82, 2.24) is 0 Å². The molecule has 2 saturated heterocycles. The third-order valence-corrected chi connectivity index (χ3v) is 8.78. The van der Waals surface area contributed by atoms with Crippen molar-refractivity contribution >= 4 is 7.60 Å². The summed E-state index contributed by atoms with van der Waals surface area (Å²) in [6.45, 7) is 7.19. The summed E-state index contributed by atoms with van der Waals surface area (Å²) in [5, 5.41) is 0. The average molecular weight is 553 g/mol. The number of fused-ring (bicyclic) bond motifs is 1. The van der Waals surface area contributed by atoms with Gasteiger partial charge >= 0.3 is 7.60 Å². The molecule has 4 rings (SSSR count).